The molecular weight excluding hydrogens is 236 g/mol. The van der Waals surface area contributed by atoms with Crippen LogP contribution in [0.3, 0.4) is 0 Å². The van der Waals surface area contributed by atoms with Crippen LogP contribution < -0.4 is 10.6 Å². The van der Waals surface area contributed by atoms with E-state index in [0.29, 0.717) is 0 Å². The van der Waals surface area contributed by atoms with E-state index in [1.165, 1.54) is 11.8 Å². The third-order valence-corrected chi connectivity index (χ3v) is 3.46. The summed E-state index contributed by atoms with van der Waals surface area (Å²) in [6.07, 6.45) is 3.13. The largest absolute Gasteiger partial charge is 0.388 e. The molecule has 1 aromatic rings. The lowest BCUT2D eigenvalue weighted by atomic mass is 9.91. The SMILES string of the molecule is CNc1cccc(C(C#N)=C2CCNCC2)c1C=N. The first-order valence-electron chi connectivity index (χ1n) is 6.46. The Kier molecular flexibility index (Phi) is 4.32. The van der Waals surface area contributed by atoms with Gasteiger partial charge in [-0.25, -0.2) is 0 Å². The van der Waals surface area contributed by atoms with Gasteiger partial charge in [-0.1, -0.05) is 12.1 Å². The van der Waals surface area contributed by atoms with Gasteiger partial charge in [-0.15, -0.1) is 0 Å². The molecule has 0 radical (unpaired) electrons. The number of nitriles is 1. The molecule has 0 spiro atoms. The minimum atomic E-state index is 0.733. The Morgan fingerprint density at radius 1 is 1.42 bits per heavy atom. The third-order valence-electron chi connectivity index (χ3n) is 3.46. The Morgan fingerprint density at radius 3 is 2.74 bits per heavy atom. The summed E-state index contributed by atoms with van der Waals surface area (Å²) < 4.78 is 0. The lowest BCUT2D eigenvalue weighted by Crippen LogP contribution is -2.23. The number of nitrogens with zero attached hydrogens (tertiary/aromatic N) is 1. The van der Waals surface area contributed by atoms with Crippen molar-refractivity contribution in [1.82, 2.24) is 5.32 Å². The van der Waals surface area contributed by atoms with Crippen LogP contribution in [0, 0.1) is 16.7 Å². The second-order valence-corrected chi connectivity index (χ2v) is 4.50. The third kappa shape index (κ3) is 2.67. The summed E-state index contributed by atoms with van der Waals surface area (Å²) in [4.78, 5) is 0. The van der Waals surface area contributed by atoms with Crippen molar-refractivity contribution in [2.75, 3.05) is 25.5 Å². The molecule has 1 aliphatic rings. The summed E-state index contributed by atoms with van der Waals surface area (Å²) in [5, 5.41) is 23.5. The number of piperidine rings is 1. The molecule has 2 rings (SSSR count). The normalized spacial score (nSPS) is 14.6. The molecule has 19 heavy (non-hydrogen) atoms. The van der Waals surface area contributed by atoms with E-state index in [9.17, 15) is 5.26 Å². The van der Waals surface area contributed by atoms with Gasteiger partial charge in [-0.05, 0) is 37.6 Å². The molecule has 1 saturated heterocycles. The molecular formula is C15H18N4. The molecule has 0 amide bonds. The Hall–Kier alpha value is -2.12. The minimum Gasteiger partial charge on any atom is -0.388 e. The van der Waals surface area contributed by atoms with Crippen LogP contribution in [0.1, 0.15) is 24.0 Å². The molecule has 4 heteroatoms. The number of hydrogen-bond acceptors (Lipinski definition) is 4. The van der Waals surface area contributed by atoms with Crippen LogP contribution in [-0.4, -0.2) is 26.4 Å². The highest BCUT2D eigenvalue weighted by atomic mass is 14.9. The van der Waals surface area contributed by atoms with Crippen molar-refractivity contribution in [3.63, 3.8) is 0 Å². The quantitative estimate of drug-likeness (QED) is 0.573. The number of allylic oxidation sites excluding steroid dienone is 1. The highest BCUT2D eigenvalue weighted by Crippen LogP contribution is 2.29. The van der Waals surface area contributed by atoms with Crippen LogP contribution in [0.4, 0.5) is 5.69 Å². The van der Waals surface area contributed by atoms with Crippen molar-refractivity contribution in [3.8, 4) is 6.07 Å². The van der Waals surface area contributed by atoms with Crippen molar-refractivity contribution in [2.24, 2.45) is 0 Å². The smallest absolute Gasteiger partial charge is 0.0997 e. The maximum Gasteiger partial charge on any atom is 0.0997 e. The highest BCUT2D eigenvalue weighted by molar-refractivity contribution is 5.96. The molecule has 0 saturated carbocycles. The van der Waals surface area contributed by atoms with Crippen molar-refractivity contribution in [1.29, 1.82) is 10.7 Å². The zero-order chi connectivity index (χ0) is 13.7. The molecule has 0 aliphatic carbocycles. The van der Waals surface area contributed by atoms with Gasteiger partial charge in [-0.2, -0.15) is 5.26 Å². The van der Waals surface area contributed by atoms with Crippen molar-refractivity contribution in [2.45, 2.75) is 12.8 Å². The summed E-state index contributed by atoms with van der Waals surface area (Å²) in [5.41, 5.74) is 4.46. The average Bonchev–Trinajstić information content (AvgIpc) is 2.48. The molecule has 4 nitrogen and oxygen atoms in total. The molecule has 1 aromatic carbocycles. The molecule has 98 valence electrons. The standard InChI is InChI=1S/C15H18N4/c1-18-15-4-2-3-12(14(15)10-17)13(9-16)11-5-7-19-8-6-11/h2-4,10,17-19H,5-8H2,1H3. The van der Waals surface area contributed by atoms with Crippen LogP contribution in [0.25, 0.3) is 5.57 Å². The summed E-state index contributed by atoms with van der Waals surface area (Å²) in [7, 11) is 1.83. The van der Waals surface area contributed by atoms with Gasteiger partial charge in [0.25, 0.3) is 0 Å². The molecule has 1 heterocycles. The Balaban J connectivity index is 2.56. The first kappa shape index (κ1) is 13.3. The molecule has 0 bridgehead atoms. The molecule has 0 aromatic heterocycles. The predicted molar refractivity (Wildman–Crippen MR) is 78.5 cm³/mol. The predicted octanol–water partition coefficient (Wildman–Crippen LogP) is 2.39. The molecule has 1 aliphatic heterocycles. The minimum absolute atomic E-state index is 0.733. The van der Waals surface area contributed by atoms with Gasteiger partial charge in [0, 0.05) is 30.1 Å². The van der Waals surface area contributed by atoms with E-state index < -0.39 is 0 Å². The van der Waals surface area contributed by atoms with E-state index in [-0.39, 0.29) is 0 Å². The molecule has 0 unspecified atom stereocenters. The fraction of sp³-hybridized carbons (Fsp3) is 0.333. The zero-order valence-electron chi connectivity index (χ0n) is 11.1. The van der Waals surface area contributed by atoms with Gasteiger partial charge in [0.2, 0.25) is 0 Å². The van der Waals surface area contributed by atoms with Gasteiger partial charge in [0.15, 0.2) is 0 Å². The fourth-order valence-electron chi connectivity index (χ4n) is 2.46. The Bertz CT molecular complexity index is 544. The van der Waals surface area contributed by atoms with Gasteiger partial charge in [-0.3, -0.25) is 0 Å². The van der Waals surface area contributed by atoms with Gasteiger partial charge >= 0.3 is 0 Å². The number of hydrogen-bond donors (Lipinski definition) is 3. The second-order valence-electron chi connectivity index (χ2n) is 4.50. The Labute approximate surface area is 113 Å². The lowest BCUT2D eigenvalue weighted by Gasteiger charge is -2.18. The summed E-state index contributed by atoms with van der Waals surface area (Å²) in [6, 6.07) is 8.11. The van der Waals surface area contributed by atoms with E-state index in [1.807, 2.05) is 25.2 Å². The summed E-state index contributed by atoms with van der Waals surface area (Å²) in [5.74, 6) is 0. The van der Waals surface area contributed by atoms with Crippen LogP contribution in [0.5, 0.6) is 0 Å². The van der Waals surface area contributed by atoms with Crippen molar-refractivity contribution in [3.05, 3.63) is 34.9 Å². The van der Waals surface area contributed by atoms with Crippen molar-refractivity contribution < 1.29 is 0 Å². The Morgan fingerprint density at radius 2 is 2.16 bits per heavy atom. The summed E-state index contributed by atoms with van der Waals surface area (Å²) >= 11 is 0. The van der Waals surface area contributed by atoms with E-state index in [1.54, 1.807) is 0 Å². The van der Waals surface area contributed by atoms with Crippen molar-refractivity contribution >= 4 is 17.5 Å². The fourth-order valence-corrected chi connectivity index (χ4v) is 2.46. The van der Waals surface area contributed by atoms with E-state index in [0.717, 1.165) is 48.3 Å². The molecule has 1 fully saturated rings. The lowest BCUT2D eigenvalue weighted by molar-refractivity contribution is 0.612. The maximum absolute atomic E-state index is 9.49. The molecule has 0 atom stereocenters. The number of rotatable bonds is 3. The maximum atomic E-state index is 9.49. The summed E-state index contributed by atoms with van der Waals surface area (Å²) in [6.45, 7) is 1.85. The number of benzene rings is 1. The van der Waals surface area contributed by atoms with E-state index in [4.69, 9.17) is 5.41 Å². The van der Waals surface area contributed by atoms with Crippen LogP contribution >= 0.6 is 0 Å². The first-order valence-corrected chi connectivity index (χ1v) is 6.46. The van der Waals surface area contributed by atoms with Gasteiger partial charge in [0.05, 0.1) is 11.6 Å². The van der Waals surface area contributed by atoms with Crippen LogP contribution in [0.15, 0.2) is 23.8 Å². The van der Waals surface area contributed by atoms with E-state index in [2.05, 4.69) is 16.7 Å². The molecule has 3 N–H and O–H groups in total. The highest BCUT2D eigenvalue weighted by Gasteiger charge is 2.16. The van der Waals surface area contributed by atoms with Gasteiger partial charge < -0.3 is 16.0 Å². The van der Waals surface area contributed by atoms with E-state index >= 15 is 0 Å². The average molecular weight is 254 g/mol. The number of anilines is 1. The van der Waals surface area contributed by atoms with Gasteiger partial charge in [0.1, 0.15) is 0 Å². The van der Waals surface area contributed by atoms with Crippen LogP contribution in [0.2, 0.25) is 0 Å². The van der Waals surface area contributed by atoms with Crippen LogP contribution in [-0.2, 0) is 0 Å². The number of nitrogens with one attached hydrogen (secondary N) is 3. The first-order chi connectivity index (χ1) is 9.31. The zero-order valence-corrected chi connectivity index (χ0v) is 11.1. The second kappa shape index (κ2) is 6.17. The topological polar surface area (TPSA) is 71.7 Å². The monoisotopic (exact) mass is 254 g/mol.